The highest BCUT2D eigenvalue weighted by Gasteiger charge is 2.33. The third-order valence-electron chi connectivity index (χ3n) is 7.27. The number of amides is 1. The number of nitrogens with zero attached hydrogens (tertiary/aromatic N) is 3. The van der Waals surface area contributed by atoms with Crippen LogP contribution >= 0.6 is 0 Å². The number of imidazole rings is 1. The van der Waals surface area contributed by atoms with Crippen molar-refractivity contribution in [2.24, 2.45) is 0 Å². The Hall–Kier alpha value is -2.96. The molecule has 1 amide bonds. The van der Waals surface area contributed by atoms with E-state index in [4.69, 9.17) is 0 Å². The summed E-state index contributed by atoms with van der Waals surface area (Å²) in [6.45, 7) is 2.20. The van der Waals surface area contributed by atoms with E-state index in [1.54, 1.807) is 6.33 Å². The predicted octanol–water partition coefficient (Wildman–Crippen LogP) is 4.07. The lowest BCUT2D eigenvalue weighted by Gasteiger charge is -2.36. The van der Waals surface area contributed by atoms with E-state index < -0.39 is 6.10 Å². The molecule has 2 aromatic carbocycles. The summed E-state index contributed by atoms with van der Waals surface area (Å²) in [5.74, 6) is -0.0249. The molecule has 1 aliphatic carbocycles. The second kappa shape index (κ2) is 10.5. The molecule has 2 fully saturated rings. The van der Waals surface area contributed by atoms with Crippen LogP contribution in [-0.2, 0) is 6.42 Å². The zero-order valence-corrected chi connectivity index (χ0v) is 19.6. The molecular weight excluding hydrogens is 424 g/mol. The van der Waals surface area contributed by atoms with Crippen LogP contribution in [0.3, 0.4) is 0 Å². The van der Waals surface area contributed by atoms with Crippen LogP contribution in [0.2, 0.25) is 0 Å². The van der Waals surface area contributed by atoms with E-state index in [1.165, 1.54) is 5.56 Å². The third-order valence-corrected chi connectivity index (χ3v) is 7.27. The van der Waals surface area contributed by atoms with Gasteiger partial charge in [0.2, 0.25) is 0 Å². The van der Waals surface area contributed by atoms with E-state index in [1.807, 2.05) is 53.4 Å². The summed E-state index contributed by atoms with van der Waals surface area (Å²) in [6.07, 6.45) is 7.11. The molecule has 1 aromatic heterocycles. The zero-order valence-electron chi connectivity index (χ0n) is 19.6. The number of aliphatic hydroxyl groups is 1. The van der Waals surface area contributed by atoms with Gasteiger partial charge in [-0.15, -0.1) is 0 Å². The fraction of sp³-hybridized carbons (Fsp3) is 0.429. The molecule has 1 unspecified atom stereocenters. The van der Waals surface area contributed by atoms with Gasteiger partial charge < -0.3 is 19.9 Å². The normalized spacial score (nSPS) is 23.4. The van der Waals surface area contributed by atoms with Gasteiger partial charge in [-0.2, -0.15) is 0 Å². The van der Waals surface area contributed by atoms with Crippen LogP contribution in [0, 0.1) is 0 Å². The van der Waals surface area contributed by atoms with E-state index in [0.29, 0.717) is 12.2 Å². The molecule has 3 atom stereocenters. The first kappa shape index (κ1) is 22.8. The first-order valence-corrected chi connectivity index (χ1v) is 12.6. The van der Waals surface area contributed by atoms with Crippen molar-refractivity contribution in [3.8, 4) is 11.3 Å². The van der Waals surface area contributed by atoms with Crippen LogP contribution in [0.1, 0.15) is 54.2 Å². The number of hydrogen-bond donors (Lipinski definition) is 2. The van der Waals surface area contributed by atoms with Crippen molar-refractivity contribution in [2.75, 3.05) is 19.6 Å². The lowest BCUT2D eigenvalue weighted by Crippen LogP contribution is -2.54. The first-order chi connectivity index (χ1) is 16.7. The molecule has 34 heavy (non-hydrogen) atoms. The van der Waals surface area contributed by atoms with Crippen molar-refractivity contribution >= 4 is 5.91 Å². The highest BCUT2D eigenvalue weighted by molar-refractivity contribution is 5.98. The van der Waals surface area contributed by atoms with Crippen molar-refractivity contribution < 1.29 is 9.90 Å². The van der Waals surface area contributed by atoms with Crippen molar-refractivity contribution in [1.29, 1.82) is 0 Å². The molecule has 1 aliphatic heterocycles. The van der Waals surface area contributed by atoms with Crippen molar-refractivity contribution in [3.05, 3.63) is 78.2 Å². The van der Waals surface area contributed by atoms with Crippen molar-refractivity contribution in [3.63, 3.8) is 0 Å². The molecule has 6 nitrogen and oxygen atoms in total. The largest absolute Gasteiger partial charge is 0.391 e. The quantitative estimate of drug-likeness (QED) is 0.566. The maximum Gasteiger partial charge on any atom is 0.275 e. The number of hydrogen-bond acceptors (Lipinski definition) is 4. The van der Waals surface area contributed by atoms with E-state index in [0.717, 1.165) is 62.9 Å². The Kier molecular flexibility index (Phi) is 7.07. The summed E-state index contributed by atoms with van der Waals surface area (Å²) in [7, 11) is 0. The number of rotatable bonds is 5. The maximum absolute atomic E-state index is 14.0. The molecule has 1 saturated heterocycles. The van der Waals surface area contributed by atoms with Crippen LogP contribution in [0.5, 0.6) is 0 Å². The van der Waals surface area contributed by atoms with E-state index in [9.17, 15) is 9.90 Å². The second-order valence-corrected chi connectivity index (χ2v) is 9.53. The Morgan fingerprint density at radius 2 is 1.74 bits per heavy atom. The third kappa shape index (κ3) is 4.79. The summed E-state index contributed by atoms with van der Waals surface area (Å²) in [6, 6.07) is 20.4. The molecular formula is C28H34N4O2. The fourth-order valence-corrected chi connectivity index (χ4v) is 5.48. The van der Waals surface area contributed by atoms with Gasteiger partial charge >= 0.3 is 0 Å². The van der Waals surface area contributed by atoms with E-state index >= 15 is 0 Å². The standard InChI is InChI=1S/C28H34N4O2/c33-25-15-9-3-8-14-24(25)32-20-30-26(27(32)22-12-6-2-7-13-22)28(34)31-17-16-29-19-23(31)18-21-10-4-1-5-11-21/h1-2,4-7,10-13,20,23-25,29,33H,3,8-9,14-19H2/t23-,24?,25-/m1/s1. The van der Waals surface area contributed by atoms with Crippen LogP contribution in [0.25, 0.3) is 11.3 Å². The first-order valence-electron chi connectivity index (χ1n) is 12.6. The zero-order chi connectivity index (χ0) is 23.3. The maximum atomic E-state index is 14.0. The van der Waals surface area contributed by atoms with Gasteiger partial charge in [-0.1, -0.05) is 79.9 Å². The topological polar surface area (TPSA) is 70.4 Å². The van der Waals surface area contributed by atoms with Gasteiger partial charge in [0.25, 0.3) is 5.91 Å². The van der Waals surface area contributed by atoms with Crippen LogP contribution < -0.4 is 5.32 Å². The minimum Gasteiger partial charge on any atom is -0.391 e. The Labute approximate surface area is 201 Å². The Morgan fingerprint density at radius 1 is 1.00 bits per heavy atom. The molecule has 2 N–H and O–H groups in total. The number of benzene rings is 2. The molecule has 0 spiro atoms. The summed E-state index contributed by atoms with van der Waals surface area (Å²) >= 11 is 0. The smallest absolute Gasteiger partial charge is 0.275 e. The fourth-order valence-electron chi connectivity index (χ4n) is 5.48. The van der Waals surface area contributed by atoms with Gasteiger partial charge in [0, 0.05) is 31.2 Å². The highest BCUT2D eigenvalue weighted by Crippen LogP contribution is 2.34. The molecule has 2 heterocycles. The number of carbonyl (C=O) groups is 1. The summed E-state index contributed by atoms with van der Waals surface area (Å²) in [5, 5.41) is 14.4. The second-order valence-electron chi connectivity index (χ2n) is 9.53. The van der Waals surface area contributed by atoms with Gasteiger partial charge in [0.05, 0.1) is 24.2 Å². The van der Waals surface area contributed by atoms with Gasteiger partial charge in [-0.25, -0.2) is 4.98 Å². The van der Waals surface area contributed by atoms with E-state index in [2.05, 4.69) is 27.0 Å². The van der Waals surface area contributed by atoms with Crippen molar-refractivity contribution in [1.82, 2.24) is 19.8 Å². The lowest BCUT2D eigenvalue weighted by molar-refractivity contribution is 0.0630. The summed E-state index contributed by atoms with van der Waals surface area (Å²) < 4.78 is 2.08. The number of carbonyl (C=O) groups excluding carboxylic acids is 1. The van der Waals surface area contributed by atoms with Gasteiger partial charge in [-0.05, 0) is 24.8 Å². The van der Waals surface area contributed by atoms with Crippen LogP contribution in [0.4, 0.5) is 0 Å². The molecule has 0 bridgehead atoms. The summed E-state index contributed by atoms with van der Waals surface area (Å²) in [4.78, 5) is 20.7. The number of aliphatic hydroxyl groups excluding tert-OH is 1. The predicted molar refractivity (Wildman–Crippen MR) is 134 cm³/mol. The number of aromatic nitrogens is 2. The molecule has 2 aliphatic rings. The van der Waals surface area contributed by atoms with Crippen LogP contribution in [-0.4, -0.2) is 57.2 Å². The SMILES string of the molecule is O=C(c1ncn(C2CCCCC[C@H]2O)c1-c1ccccc1)N1CCNC[C@H]1Cc1ccccc1. The average molecular weight is 459 g/mol. The molecule has 1 saturated carbocycles. The van der Waals surface area contributed by atoms with Gasteiger partial charge in [0.15, 0.2) is 5.69 Å². The van der Waals surface area contributed by atoms with Gasteiger partial charge in [-0.3, -0.25) is 4.79 Å². The molecule has 5 rings (SSSR count). The Bertz CT molecular complexity index is 1080. The van der Waals surface area contributed by atoms with Crippen LogP contribution in [0.15, 0.2) is 67.0 Å². The minimum absolute atomic E-state index is 0.0249. The number of piperazine rings is 1. The minimum atomic E-state index is -0.424. The molecule has 3 aromatic rings. The van der Waals surface area contributed by atoms with Crippen molar-refractivity contribution in [2.45, 2.75) is 56.7 Å². The Balaban J connectivity index is 1.51. The molecule has 0 radical (unpaired) electrons. The highest BCUT2D eigenvalue weighted by atomic mass is 16.3. The lowest BCUT2D eigenvalue weighted by atomic mass is 10.0. The van der Waals surface area contributed by atoms with Gasteiger partial charge in [0.1, 0.15) is 0 Å². The molecule has 6 heteroatoms. The monoisotopic (exact) mass is 458 g/mol. The average Bonchev–Trinajstić information content (AvgIpc) is 3.20. The van der Waals surface area contributed by atoms with E-state index in [-0.39, 0.29) is 18.0 Å². The summed E-state index contributed by atoms with van der Waals surface area (Å²) in [5.41, 5.74) is 3.51. The number of nitrogens with one attached hydrogen (secondary N) is 1. The molecule has 178 valence electrons. The Morgan fingerprint density at radius 3 is 2.53 bits per heavy atom.